The molecule has 0 saturated carbocycles. The van der Waals surface area contributed by atoms with E-state index in [4.69, 9.17) is 33.4 Å². The van der Waals surface area contributed by atoms with Crippen molar-refractivity contribution in [2.24, 2.45) is 0 Å². The van der Waals surface area contributed by atoms with E-state index in [-0.39, 0.29) is 21.6 Å². The van der Waals surface area contributed by atoms with Crippen molar-refractivity contribution in [3.8, 4) is 11.6 Å². The third-order valence-corrected chi connectivity index (χ3v) is 4.86. The molecule has 3 aromatic rings. The van der Waals surface area contributed by atoms with Gasteiger partial charge in [-0.05, 0) is 37.4 Å². The molecule has 1 amide bonds. The Morgan fingerprint density at radius 1 is 1.27 bits per heavy atom. The number of nitrogens with zero attached hydrogens (tertiary/aromatic N) is 2. The lowest BCUT2D eigenvalue weighted by atomic mass is 10.2. The molecule has 2 heterocycles. The molecule has 134 valence electrons. The molecule has 1 aromatic carbocycles. The summed E-state index contributed by atoms with van der Waals surface area (Å²) in [4.78, 5) is 21.6. The van der Waals surface area contributed by atoms with Crippen molar-refractivity contribution in [2.45, 2.75) is 11.9 Å². The summed E-state index contributed by atoms with van der Waals surface area (Å²) < 4.78 is 5.33. The number of rotatable bonds is 4. The highest BCUT2D eigenvalue weighted by Crippen LogP contribution is 2.32. The maximum absolute atomic E-state index is 12.8. The lowest BCUT2D eigenvalue weighted by Crippen LogP contribution is -2.17. The van der Waals surface area contributed by atoms with Crippen molar-refractivity contribution in [3.05, 3.63) is 51.8 Å². The number of benzene rings is 1. The summed E-state index contributed by atoms with van der Waals surface area (Å²) in [6, 6.07) is 6.58. The number of carbonyl (C=O) groups is 1. The highest BCUT2D eigenvalue weighted by molar-refractivity contribution is 7.98. The number of nitrogen functional groups attached to an aromatic ring is 1. The largest absolute Gasteiger partial charge is 0.461 e. The number of hydrogen-bond donors (Lipinski definition) is 2. The van der Waals surface area contributed by atoms with Gasteiger partial charge in [0.25, 0.3) is 5.91 Å². The lowest BCUT2D eigenvalue weighted by Gasteiger charge is -2.12. The molecule has 3 N–H and O–H groups in total. The van der Waals surface area contributed by atoms with Crippen LogP contribution < -0.4 is 11.1 Å². The minimum absolute atomic E-state index is 0.262. The Labute approximate surface area is 164 Å². The number of aryl methyl sites for hydroxylation is 1. The molecule has 2 aromatic heterocycles. The fourth-order valence-corrected chi connectivity index (χ4v) is 3.43. The molecule has 0 radical (unpaired) electrons. The van der Waals surface area contributed by atoms with E-state index in [1.807, 2.05) is 6.26 Å². The molecular weight excluding hydrogens is 395 g/mol. The van der Waals surface area contributed by atoms with Gasteiger partial charge in [-0.15, -0.1) is 11.8 Å². The Balaban J connectivity index is 1.97. The van der Waals surface area contributed by atoms with E-state index < -0.39 is 0 Å². The first kappa shape index (κ1) is 18.6. The van der Waals surface area contributed by atoms with Gasteiger partial charge in [0.15, 0.2) is 11.6 Å². The highest BCUT2D eigenvalue weighted by Gasteiger charge is 2.20. The van der Waals surface area contributed by atoms with Crippen LogP contribution in [0.5, 0.6) is 0 Å². The van der Waals surface area contributed by atoms with Crippen molar-refractivity contribution < 1.29 is 9.21 Å². The second-order valence-electron chi connectivity index (χ2n) is 5.30. The molecule has 0 atom stereocenters. The molecule has 6 nitrogen and oxygen atoms in total. The van der Waals surface area contributed by atoms with Crippen molar-refractivity contribution >= 4 is 52.2 Å². The quantitative estimate of drug-likeness (QED) is 0.361. The fourth-order valence-electron chi connectivity index (χ4n) is 2.32. The number of furan rings is 1. The third-order valence-electron chi connectivity index (χ3n) is 3.56. The minimum Gasteiger partial charge on any atom is -0.461 e. The average molecular weight is 409 g/mol. The van der Waals surface area contributed by atoms with Gasteiger partial charge < -0.3 is 15.5 Å². The van der Waals surface area contributed by atoms with E-state index in [0.717, 1.165) is 0 Å². The van der Waals surface area contributed by atoms with Crippen molar-refractivity contribution in [3.63, 3.8) is 0 Å². The number of carbonyl (C=O) groups excluding carboxylic acids is 1. The first-order chi connectivity index (χ1) is 12.4. The second kappa shape index (κ2) is 7.57. The third kappa shape index (κ3) is 3.65. The van der Waals surface area contributed by atoms with Crippen LogP contribution >= 0.6 is 35.0 Å². The molecule has 0 aliphatic carbocycles. The lowest BCUT2D eigenvalue weighted by molar-refractivity contribution is 0.102. The summed E-state index contributed by atoms with van der Waals surface area (Å²) in [6.07, 6.45) is 3.38. The molecule has 3 rings (SSSR count). The Morgan fingerprint density at radius 2 is 1.96 bits per heavy atom. The Morgan fingerprint density at radius 3 is 2.54 bits per heavy atom. The molecule has 0 aliphatic rings. The average Bonchev–Trinajstić information content (AvgIpc) is 3.13. The van der Waals surface area contributed by atoms with Gasteiger partial charge in [-0.25, -0.2) is 9.97 Å². The highest BCUT2D eigenvalue weighted by atomic mass is 35.5. The number of thioether (sulfide) groups is 1. The van der Waals surface area contributed by atoms with E-state index >= 15 is 0 Å². The van der Waals surface area contributed by atoms with Crippen LogP contribution in [0, 0.1) is 6.92 Å². The SMILES string of the molecule is CSc1nc(-c2ccco2)nc(C)c1C(=O)Nc1cc(Cl)c(N)c(Cl)c1. The van der Waals surface area contributed by atoms with Crippen LogP contribution in [0.2, 0.25) is 10.0 Å². The van der Waals surface area contributed by atoms with Crippen LogP contribution in [0.25, 0.3) is 11.6 Å². The van der Waals surface area contributed by atoms with Gasteiger partial charge in [-0.1, -0.05) is 23.2 Å². The molecule has 0 saturated heterocycles. The summed E-state index contributed by atoms with van der Waals surface area (Å²) in [5, 5.41) is 3.82. The number of nitrogens with two attached hydrogens (primary N) is 1. The van der Waals surface area contributed by atoms with Gasteiger partial charge >= 0.3 is 0 Å². The molecule has 0 aliphatic heterocycles. The van der Waals surface area contributed by atoms with Gasteiger partial charge in [0.05, 0.1) is 33.3 Å². The Hall–Kier alpha value is -2.22. The smallest absolute Gasteiger partial charge is 0.260 e. The second-order valence-corrected chi connectivity index (χ2v) is 6.91. The van der Waals surface area contributed by atoms with Crippen LogP contribution in [0.15, 0.2) is 40.0 Å². The first-order valence-electron chi connectivity index (χ1n) is 7.43. The predicted octanol–water partition coefficient (Wildman–Crippen LogP) is 4.91. The number of aromatic nitrogens is 2. The van der Waals surface area contributed by atoms with Crippen molar-refractivity contribution in [1.29, 1.82) is 0 Å². The maximum Gasteiger partial charge on any atom is 0.260 e. The van der Waals surface area contributed by atoms with Crippen LogP contribution in [0.4, 0.5) is 11.4 Å². The predicted molar refractivity (Wildman–Crippen MR) is 105 cm³/mol. The van der Waals surface area contributed by atoms with Gasteiger partial charge in [0, 0.05) is 5.69 Å². The topological polar surface area (TPSA) is 94.0 Å². The zero-order valence-corrected chi connectivity index (χ0v) is 16.2. The molecule has 0 fully saturated rings. The zero-order valence-electron chi connectivity index (χ0n) is 13.8. The van der Waals surface area contributed by atoms with Crippen LogP contribution in [0.3, 0.4) is 0 Å². The summed E-state index contributed by atoms with van der Waals surface area (Å²) in [7, 11) is 0. The van der Waals surface area contributed by atoms with Gasteiger partial charge in [-0.2, -0.15) is 0 Å². The molecular formula is C17H14Cl2N4O2S. The number of hydrogen-bond acceptors (Lipinski definition) is 6. The normalized spacial score (nSPS) is 10.8. The van der Waals surface area contributed by atoms with E-state index in [2.05, 4.69) is 15.3 Å². The molecule has 26 heavy (non-hydrogen) atoms. The Bertz CT molecular complexity index is 954. The standard InChI is InChI=1S/C17H14Cl2N4O2S/c1-8-13(16(24)22-9-6-10(18)14(20)11(19)7-9)17(26-2)23-15(21-8)12-4-3-5-25-12/h3-7H,20H2,1-2H3,(H,22,24). The monoisotopic (exact) mass is 408 g/mol. The summed E-state index contributed by atoms with van der Waals surface area (Å²) in [5.74, 6) is 0.592. The fraction of sp³-hybridized carbons (Fsp3) is 0.118. The summed E-state index contributed by atoms with van der Waals surface area (Å²) in [6.45, 7) is 1.74. The maximum atomic E-state index is 12.8. The molecule has 0 spiro atoms. The van der Waals surface area contributed by atoms with Crippen LogP contribution in [-0.2, 0) is 0 Å². The van der Waals surface area contributed by atoms with E-state index in [0.29, 0.717) is 33.6 Å². The van der Waals surface area contributed by atoms with Crippen LogP contribution in [-0.4, -0.2) is 22.1 Å². The molecule has 9 heteroatoms. The summed E-state index contributed by atoms with van der Waals surface area (Å²) >= 11 is 13.4. The van der Waals surface area contributed by atoms with Gasteiger partial charge in [0.2, 0.25) is 0 Å². The van der Waals surface area contributed by atoms with Crippen molar-refractivity contribution in [1.82, 2.24) is 9.97 Å². The first-order valence-corrected chi connectivity index (χ1v) is 9.41. The van der Waals surface area contributed by atoms with E-state index in [1.165, 1.54) is 23.9 Å². The molecule has 0 unspecified atom stereocenters. The minimum atomic E-state index is -0.366. The van der Waals surface area contributed by atoms with E-state index in [1.54, 1.807) is 25.3 Å². The number of halogens is 2. The van der Waals surface area contributed by atoms with Gasteiger partial charge in [0.1, 0.15) is 5.03 Å². The number of amides is 1. The van der Waals surface area contributed by atoms with Crippen molar-refractivity contribution in [2.75, 3.05) is 17.3 Å². The molecule has 0 bridgehead atoms. The van der Waals surface area contributed by atoms with E-state index in [9.17, 15) is 4.79 Å². The summed E-state index contributed by atoms with van der Waals surface area (Å²) in [5.41, 5.74) is 7.31. The number of anilines is 2. The zero-order chi connectivity index (χ0) is 18.8. The number of nitrogens with one attached hydrogen (secondary N) is 1. The van der Waals surface area contributed by atoms with Gasteiger partial charge in [-0.3, -0.25) is 4.79 Å². The van der Waals surface area contributed by atoms with Crippen LogP contribution in [0.1, 0.15) is 16.1 Å². The Kier molecular flexibility index (Phi) is 5.41.